The van der Waals surface area contributed by atoms with Crippen LogP contribution in [0.2, 0.25) is 0 Å². The van der Waals surface area contributed by atoms with Gasteiger partial charge in [0.2, 0.25) is 0 Å². The van der Waals surface area contributed by atoms with E-state index in [9.17, 15) is 4.79 Å². The molecule has 0 unspecified atom stereocenters. The fourth-order valence-corrected chi connectivity index (χ4v) is 2.00. The van der Waals surface area contributed by atoms with Gasteiger partial charge in [-0.15, -0.1) is 0 Å². The Morgan fingerprint density at radius 3 is 2.61 bits per heavy atom. The van der Waals surface area contributed by atoms with Crippen LogP contribution < -0.4 is 4.90 Å². The molecule has 98 valence electrons. The van der Waals surface area contributed by atoms with E-state index in [0.29, 0.717) is 18.3 Å². The number of aliphatic hydroxyl groups excluding tert-OH is 1. The first-order valence-electron chi connectivity index (χ1n) is 6.15. The van der Waals surface area contributed by atoms with Crippen molar-refractivity contribution in [2.45, 2.75) is 31.7 Å². The predicted octanol–water partition coefficient (Wildman–Crippen LogP) is 0.916. The Morgan fingerprint density at radius 2 is 2.17 bits per heavy atom. The fraction of sp³-hybridized carbons (Fsp3) is 0.583. The molecule has 1 heterocycles. The second-order valence-electron chi connectivity index (χ2n) is 4.42. The van der Waals surface area contributed by atoms with Gasteiger partial charge in [0, 0.05) is 19.2 Å². The summed E-state index contributed by atoms with van der Waals surface area (Å²) in [5.41, 5.74) is -0.0468. The molecule has 1 aliphatic carbocycles. The van der Waals surface area contributed by atoms with Crippen molar-refractivity contribution in [2.24, 2.45) is 0 Å². The lowest BCUT2D eigenvalue weighted by Crippen LogP contribution is -2.41. The van der Waals surface area contributed by atoms with Crippen molar-refractivity contribution in [3.05, 3.63) is 18.1 Å². The lowest BCUT2D eigenvalue weighted by molar-refractivity contribution is 0.0690. The zero-order valence-corrected chi connectivity index (χ0v) is 10.1. The molecule has 0 atom stereocenters. The van der Waals surface area contributed by atoms with Crippen LogP contribution in [0.25, 0.3) is 0 Å². The number of aromatic carboxylic acids is 1. The Bertz CT molecular complexity index is 404. The standard InChI is InChI=1S/C12H17N3O3/c16-6-2-5-15(9-3-1-4-9)11-8-13-10(7-14-11)12(17)18/h7-9,16H,1-6H2,(H,17,18). The van der Waals surface area contributed by atoms with E-state index >= 15 is 0 Å². The van der Waals surface area contributed by atoms with Crippen LogP contribution in [0.4, 0.5) is 5.82 Å². The van der Waals surface area contributed by atoms with Gasteiger partial charge in [0.05, 0.1) is 12.4 Å². The molecule has 1 saturated carbocycles. The van der Waals surface area contributed by atoms with E-state index in [4.69, 9.17) is 10.2 Å². The summed E-state index contributed by atoms with van der Waals surface area (Å²) in [7, 11) is 0. The number of carbonyl (C=O) groups is 1. The number of carboxylic acids is 1. The average Bonchev–Trinajstić information content (AvgIpc) is 2.32. The summed E-state index contributed by atoms with van der Waals surface area (Å²) in [6.45, 7) is 0.867. The molecule has 0 radical (unpaired) electrons. The van der Waals surface area contributed by atoms with Gasteiger partial charge in [0.25, 0.3) is 0 Å². The van der Waals surface area contributed by atoms with E-state index in [1.54, 1.807) is 0 Å². The Labute approximate surface area is 105 Å². The van der Waals surface area contributed by atoms with E-state index in [1.807, 2.05) is 0 Å². The number of nitrogens with zero attached hydrogens (tertiary/aromatic N) is 3. The van der Waals surface area contributed by atoms with Gasteiger partial charge in [-0.3, -0.25) is 0 Å². The summed E-state index contributed by atoms with van der Waals surface area (Å²) in [6.07, 6.45) is 6.91. The topological polar surface area (TPSA) is 86.5 Å². The lowest BCUT2D eigenvalue weighted by Gasteiger charge is -2.38. The van der Waals surface area contributed by atoms with Crippen molar-refractivity contribution in [1.82, 2.24) is 9.97 Å². The highest BCUT2D eigenvalue weighted by atomic mass is 16.4. The third-order valence-corrected chi connectivity index (χ3v) is 3.22. The number of aromatic nitrogens is 2. The molecule has 0 aromatic carbocycles. The van der Waals surface area contributed by atoms with Gasteiger partial charge in [-0.1, -0.05) is 0 Å². The highest BCUT2D eigenvalue weighted by molar-refractivity contribution is 5.84. The van der Waals surface area contributed by atoms with E-state index in [-0.39, 0.29) is 12.3 Å². The summed E-state index contributed by atoms with van der Waals surface area (Å²) < 4.78 is 0. The summed E-state index contributed by atoms with van der Waals surface area (Å²) in [6, 6.07) is 0.446. The number of hydrogen-bond donors (Lipinski definition) is 2. The average molecular weight is 251 g/mol. The van der Waals surface area contributed by atoms with Gasteiger partial charge in [0.1, 0.15) is 5.82 Å². The van der Waals surface area contributed by atoms with Crippen molar-refractivity contribution in [3.63, 3.8) is 0 Å². The third-order valence-electron chi connectivity index (χ3n) is 3.22. The van der Waals surface area contributed by atoms with Crippen molar-refractivity contribution in [2.75, 3.05) is 18.1 Å². The highest BCUT2D eigenvalue weighted by Crippen LogP contribution is 2.28. The van der Waals surface area contributed by atoms with Crippen LogP contribution in [-0.4, -0.2) is 45.3 Å². The van der Waals surface area contributed by atoms with Gasteiger partial charge in [0.15, 0.2) is 5.69 Å². The van der Waals surface area contributed by atoms with Gasteiger partial charge < -0.3 is 15.1 Å². The molecular weight excluding hydrogens is 234 g/mol. The predicted molar refractivity (Wildman–Crippen MR) is 65.7 cm³/mol. The van der Waals surface area contributed by atoms with Crippen LogP contribution in [0.15, 0.2) is 12.4 Å². The number of anilines is 1. The molecule has 1 fully saturated rings. The van der Waals surface area contributed by atoms with Gasteiger partial charge >= 0.3 is 5.97 Å². The molecule has 6 heteroatoms. The molecule has 0 aliphatic heterocycles. The minimum atomic E-state index is -1.07. The second-order valence-corrected chi connectivity index (χ2v) is 4.42. The fourth-order valence-electron chi connectivity index (χ4n) is 2.00. The molecule has 0 spiro atoms. The normalized spacial score (nSPS) is 15.2. The first kappa shape index (κ1) is 12.8. The minimum absolute atomic E-state index is 0.0468. The lowest BCUT2D eigenvalue weighted by atomic mass is 9.91. The van der Waals surface area contributed by atoms with Crippen molar-refractivity contribution >= 4 is 11.8 Å². The smallest absolute Gasteiger partial charge is 0.356 e. The number of hydrogen-bond acceptors (Lipinski definition) is 5. The molecule has 1 aromatic heterocycles. The van der Waals surface area contributed by atoms with E-state index in [0.717, 1.165) is 19.4 Å². The summed E-state index contributed by atoms with van der Waals surface area (Å²) in [4.78, 5) is 20.9. The van der Waals surface area contributed by atoms with Crippen molar-refractivity contribution in [3.8, 4) is 0 Å². The summed E-state index contributed by atoms with van der Waals surface area (Å²) in [5, 5.41) is 17.7. The first-order chi connectivity index (χ1) is 8.72. The van der Waals surface area contributed by atoms with Crippen LogP contribution in [0, 0.1) is 0 Å². The second kappa shape index (κ2) is 5.77. The van der Waals surface area contributed by atoms with Crippen LogP contribution in [-0.2, 0) is 0 Å². The highest BCUT2D eigenvalue weighted by Gasteiger charge is 2.25. The summed E-state index contributed by atoms with van der Waals surface area (Å²) in [5.74, 6) is -0.377. The number of carboxylic acid groups (broad SMARTS) is 1. The maximum atomic E-state index is 10.7. The van der Waals surface area contributed by atoms with Gasteiger partial charge in [-0.2, -0.15) is 0 Å². The zero-order valence-electron chi connectivity index (χ0n) is 10.1. The van der Waals surface area contributed by atoms with E-state index < -0.39 is 5.97 Å². The van der Waals surface area contributed by atoms with Gasteiger partial charge in [-0.25, -0.2) is 14.8 Å². The Balaban J connectivity index is 2.11. The maximum absolute atomic E-state index is 10.7. The largest absolute Gasteiger partial charge is 0.476 e. The van der Waals surface area contributed by atoms with Crippen LogP contribution in [0.3, 0.4) is 0 Å². The summed E-state index contributed by atoms with van der Waals surface area (Å²) >= 11 is 0. The Hall–Kier alpha value is -1.69. The molecule has 0 saturated heterocycles. The molecule has 1 aromatic rings. The molecule has 18 heavy (non-hydrogen) atoms. The minimum Gasteiger partial charge on any atom is -0.476 e. The van der Waals surface area contributed by atoms with E-state index in [1.165, 1.54) is 18.8 Å². The molecular formula is C12H17N3O3. The Kier molecular flexibility index (Phi) is 4.09. The molecule has 1 aliphatic rings. The van der Waals surface area contributed by atoms with Crippen molar-refractivity contribution in [1.29, 1.82) is 0 Å². The monoisotopic (exact) mass is 251 g/mol. The Morgan fingerprint density at radius 1 is 1.39 bits per heavy atom. The van der Waals surface area contributed by atoms with Crippen molar-refractivity contribution < 1.29 is 15.0 Å². The first-order valence-corrected chi connectivity index (χ1v) is 6.15. The van der Waals surface area contributed by atoms with Crippen LogP contribution >= 0.6 is 0 Å². The molecule has 6 nitrogen and oxygen atoms in total. The van der Waals surface area contributed by atoms with Gasteiger partial charge in [-0.05, 0) is 25.7 Å². The molecule has 0 bridgehead atoms. The quantitative estimate of drug-likeness (QED) is 0.781. The number of rotatable bonds is 6. The molecule has 0 amide bonds. The molecule has 2 N–H and O–H groups in total. The zero-order chi connectivity index (χ0) is 13.0. The van der Waals surface area contributed by atoms with Crippen LogP contribution in [0.5, 0.6) is 0 Å². The number of aliphatic hydroxyl groups is 1. The molecule has 2 rings (SSSR count). The van der Waals surface area contributed by atoms with Crippen LogP contribution in [0.1, 0.15) is 36.2 Å². The third kappa shape index (κ3) is 2.76. The van der Waals surface area contributed by atoms with E-state index in [2.05, 4.69) is 14.9 Å². The maximum Gasteiger partial charge on any atom is 0.356 e. The SMILES string of the molecule is O=C(O)c1cnc(N(CCCO)C2CCC2)cn1.